The van der Waals surface area contributed by atoms with E-state index in [4.69, 9.17) is 0 Å². The Bertz CT molecular complexity index is 204. The molecule has 0 amide bonds. The Balaban J connectivity index is 0.000000461. The zero-order valence-corrected chi connectivity index (χ0v) is 9.92. The number of rotatable bonds is 1. The highest BCUT2D eigenvalue weighted by molar-refractivity contribution is 5.26. The van der Waals surface area contributed by atoms with Crippen molar-refractivity contribution in [1.29, 1.82) is 0 Å². The molecule has 0 aliphatic heterocycles. The zero-order valence-electron chi connectivity index (χ0n) is 9.92. The maximum absolute atomic E-state index is 2.39. The van der Waals surface area contributed by atoms with E-state index in [2.05, 4.69) is 25.2 Å². The first kappa shape index (κ1) is 11.6. The molecule has 14 heavy (non-hydrogen) atoms. The summed E-state index contributed by atoms with van der Waals surface area (Å²) in [6.45, 7) is 6.28. The molecule has 1 fully saturated rings. The Morgan fingerprint density at radius 2 is 1.71 bits per heavy atom. The molecule has 0 saturated heterocycles. The van der Waals surface area contributed by atoms with Crippen LogP contribution in [0.1, 0.15) is 52.9 Å². The Hall–Kier alpha value is -0.520. The average molecular weight is 192 g/mol. The van der Waals surface area contributed by atoms with E-state index in [9.17, 15) is 0 Å². The van der Waals surface area contributed by atoms with Crippen LogP contribution >= 0.6 is 0 Å². The number of hydrogen-bond acceptors (Lipinski definition) is 0. The van der Waals surface area contributed by atoms with Crippen molar-refractivity contribution < 1.29 is 0 Å². The van der Waals surface area contributed by atoms with Gasteiger partial charge < -0.3 is 0 Å². The Labute approximate surface area is 89.1 Å². The largest absolute Gasteiger partial charge is 0.0771 e. The smallest absolute Gasteiger partial charge is 0.000849 e. The molecule has 2 aliphatic carbocycles. The fourth-order valence-corrected chi connectivity index (χ4v) is 2.61. The summed E-state index contributed by atoms with van der Waals surface area (Å²) in [4.78, 5) is 0. The summed E-state index contributed by atoms with van der Waals surface area (Å²) in [5.41, 5.74) is 1.59. The molecular formula is C14H24. The highest BCUT2D eigenvalue weighted by atomic mass is 14.3. The van der Waals surface area contributed by atoms with Crippen molar-refractivity contribution in [2.75, 3.05) is 0 Å². The molecule has 1 unspecified atom stereocenters. The van der Waals surface area contributed by atoms with Gasteiger partial charge in [0.15, 0.2) is 0 Å². The van der Waals surface area contributed by atoms with Gasteiger partial charge in [0.25, 0.3) is 0 Å². The highest BCUT2D eigenvalue weighted by Crippen LogP contribution is 2.36. The third-order valence-electron chi connectivity index (χ3n) is 3.36. The van der Waals surface area contributed by atoms with E-state index in [1.54, 1.807) is 5.57 Å². The van der Waals surface area contributed by atoms with Crippen molar-refractivity contribution >= 4 is 0 Å². The minimum absolute atomic E-state index is 0.797. The summed E-state index contributed by atoms with van der Waals surface area (Å²) in [5, 5.41) is 0. The van der Waals surface area contributed by atoms with Crippen LogP contribution in [0.3, 0.4) is 0 Å². The standard InChI is InChI=1S/C12H18.C2H6/c1-10-6-5-9-12(10)11-7-3-2-4-8-11;1-2/h5-6,9,11-12H,2-4,7-8H2,1H3;1-2H3. The van der Waals surface area contributed by atoms with E-state index in [0.717, 1.165) is 11.8 Å². The van der Waals surface area contributed by atoms with Crippen molar-refractivity contribution in [1.82, 2.24) is 0 Å². The summed E-state index contributed by atoms with van der Waals surface area (Å²) in [6, 6.07) is 0. The normalized spacial score (nSPS) is 26.8. The monoisotopic (exact) mass is 192 g/mol. The molecule has 2 aliphatic rings. The summed E-state index contributed by atoms with van der Waals surface area (Å²) >= 11 is 0. The third kappa shape index (κ3) is 2.73. The Morgan fingerprint density at radius 3 is 2.21 bits per heavy atom. The topological polar surface area (TPSA) is 0 Å². The lowest BCUT2D eigenvalue weighted by molar-refractivity contribution is 0.312. The molecule has 0 aromatic carbocycles. The molecule has 0 aromatic heterocycles. The SMILES string of the molecule is CC.CC1=CC=CC1C1CCCCC1. The maximum Gasteiger partial charge on any atom is 0.000849 e. The molecular weight excluding hydrogens is 168 g/mol. The first-order chi connectivity index (χ1) is 6.88. The molecule has 2 rings (SSSR count). The second-order valence-corrected chi connectivity index (χ2v) is 4.22. The molecule has 0 radical (unpaired) electrons. The number of allylic oxidation sites excluding steroid dienone is 4. The highest BCUT2D eigenvalue weighted by Gasteiger charge is 2.23. The molecule has 1 atom stereocenters. The van der Waals surface area contributed by atoms with Gasteiger partial charge in [-0.05, 0) is 25.7 Å². The van der Waals surface area contributed by atoms with Gasteiger partial charge in [-0.25, -0.2) is 0 Å². The quantitative estimate of drug-likeness (QED) is 0.563. The predicted molar refractivity (Wildman–Crippen MR) is 64.3 cm³/mol. The van der Waals surface area contributed by atoms with Gasteiger partial charge in [-0.15, -0.1) is 0 Å². The average Bonchev–Trinajstić information content (AvgIpc) is 2.69. The molecule has 0 spiro atoms. The summed E-state index contributed by atoms with van der Waals surface area (Å²) in [5.74, 6) is 1.76. The van der Waals surface area contributed by atoms with E-state index < -0.39 is 0 Å². The second-order valence-electron chi connectivity index (χ2n) is 4.22. The van der Waals surface area contributed by atoms with Crippen LogP contribution in [-0.2, 0) is 0 Å². The lowest BCUT2D eigenvalue weighted by Crippen LogP contribution is -2.15. The summed E-state index contributed by atoms with van der Waals surface area (Å²) < 4.78 is 0. The lowest BCUT2D eigenvalue weighted by Gasteiger charge is -2.27. The van der Waals surface area contributed by atoms with Gasteiger partial charge >= 0.3 is 0 Å². The fraction of sp³-hybridized carbons (Fsp3) is 0.714. The Morgan fingerprint density at radius 1 is 1.07 bits per heavy atom. The molecule has 0 nitrogen and oxygen atoms in total. The molecule has 1 saturated carbocycles. The van der Waals surface area contributed by atoms with Gasteiger partial charge in [0.05, 0.1) is 0 Å². The van der Waals surface area contributed by atoms with E-state index in [-0.39, 0.29) is 0 Å². The fourth-order valence-electron chi connectivity index (χ4n) is 2.61. The molecule has 0 N–H and O–H groups in total. The Kier molecular flexibility index (Phi) is 5.00. The third-order valence-corrected chi connectivity index (χ3v) is 3.36. The minimum Gasteiger partial charge on any atom is -0.0771 e. The van der Waals surface area contributed by atoms with Crippen molar-refractivity contribution in [3.8, 4) is 0 Å². The van der Waals surface area contributed by atoms with Gasteiger partial charge in [0, 0.05) is 5.92 Å². The van der Waals surface area contributed by atoms with Crippen LogP contribution in [0.25, 0.3) is 0 Å². The predicted octanol–water partition coefficient (Wildman–Crippen LogP) is 4.73. The molecule has 80 valence electrons. The summed E-state index contributed by atoms with van der Waals surface area (Å²) in [6.07, 6.45) is 14.2. The van der Waals surface area contributed by atoms with Crippen LogP contribution in [-0.4, -0.2) is 0 Å². The number of hydrogen-bond donors (Lipinski definition) is 0. The van der Waals surface area contributed by atoms with Crippen LogP contribution in [0.5, 0.6) is 0 Å². The zero-order chi connectivity index (χ0) is 10.4. The second kappa shape index (κ2) is 6.06. The van der Waals surface area contributed by atoms with E-state index >= 15 is 0 Å². The van der Waals surface area contributed by atoms with E-state index in [1.807, 2.05) is 13.8 Å². The molecule has 0 bridgehead atoms. The van der Waals surface area contributed by atoms with Crippen LogP contribution in [0, 0.1) is 11.8 Å². The lowest BCUT2D eigenvalue weighted by atomic mass is 9.78. The minimum atomic E-state index is 0.797. The van der Waals surface area contributed by atoms with Crippen molar-refractivity contribution in [2.45, 2.75) is 52.9 Å². The molecule has 0 heteroatoms. The van der Waals surface area contributed by atoms with E-state index in [1.165, 1.54) is 32.1 Å². The van der Waals surface area contributed by atoms with Crippen molar-refractivity contribution in [3.63, 3.8) is 0 Å². The molecule has 0 heterocycles. The van der Waals surface area contributed by atoms with Gasteiger partial charge in [0.1, 0.15) is 0 Å². The molecule has 0 aromatic rings. The van der Waals surface area contributed by atoms with Gasteiger partial charge in [-0.2, -0.15) is 0 Å². The van der Waals surface area contributed by atoms with Crippen LogP contribution < -0.4 is 0 Å². The maximum atomic E-state index is 2.39. The van der Waals surface area contributed by atoms with Gasteiger partial charge in [0.2, 0.25) is 0 Å². The van der Waals surface area contributed by atoms with Crippen molar-refractivity contribution in [3.05, 3.63) is 23.8 Å². The van der Waals surface area contributed by atoms with E-state index in [0.29, 0.717) is 0 Å². The van der Waals surface area contributed by atoms with Crippen molar-refractivity contribution in [2.24, 2.45) is 11.8 Å². The van der Waals surface area contributed by atoms with Crippen LogP contribution in [0.15, 0.2) is 23.8 Å². The first-order valence-corrected chi connectivity index (χ1v) is 6.23. The first-order valence-electron chi connectivity index (χ1n) is 6.23. The van der Waals surface area contributed by atoms with Gasteiger partial charge in [-0.1, -0.05) is 56.9 Å². The van der Waals surface area contributed by atoms with Crippen LogP contribution in [0.4, 0.5) is 0 Å². The summed E-state index contributed by atoms with van der Waals surface area (Å²) in [7, 11) is 0. The van der Waals surface area contributed by atoms with Crippen LogP contribution in [0.2, 0.25) is 0 Å². The van der Waals surface area contributed by atoms with Gasteiger partial charge in [-0.3, -0.25) is 0 Å².